The predicted octanol–water partition coefficient (Wildman–Crippen LogP) is 4.30. The van der Waals surface area contributed by atoms with Crippen LogP contribution in [0.5, 0.6) is 5.75 Å². The van der Waals surface area contributed by atoms with Crippen LogP contribution in [0, 0.1) is 5.82 Å². The van der Waals surface area contributed by atoms with Gasteiger partial charge in [-0.15, -0.1) is 0 Å². The van der Waals surface area contributed by atoms with Crippen molar-refractivity contribution in [3.8, 4) is 5.75 Å². The van der Waals surface area contributed by atoms with Crippen molar-refractivity contribution in [1.29, 1.82) is 0 Å². The minimum Gasteiger partial charge on any atom is -0.494 e. The minimum atomic E-state index is -0.331. The summed E-state index contributed by atoms with van der Waals surface area (Å²) in [5, 5.41) is 0. The third-order valence-electron chi connectivity index (χ3n) is 3.84. The van der Waals surface area contributed by atoms with Gasteiger partial charge in [0, 0.05) is 12.6 Å². The van der Waals surface area contributed by atoms with Crippen molar-refractivity contribution < 1.29 is 13.9 Å². The quantitative estimate of drug-likeness (QED) is 0.638. The number of hydrogen-bond donors (Lipinski definition) is 0. The Balaban J connectivity index is 1.84. The zero-order valence-corrected chi connectivity index (χ0v) is 15.0. The molecule has 0 saturated heterocycles. The topological polar surface area (TPSA) is 43.6 Å². The lowest BCUT2D eigenvalue weighted by Gasteiger charge is -2.05. The molecule has 0 fully saturated rings. The summed E-state index contributed by atoms with van der Waals surface area (Å²) in [6, 6.07) is 11.5. The molecule has 0 N–H and O–H groups in total. The van der Waals surface area contributed by atoms with E-state index in [0.717, 1.165) is 28.8 Å². The molecule has 1 aromatic heterocycles. The number of nitrogens with zero attached hydrogens (tertiary/aromatic N) is 2. The van der Waals surface area contributed by atoms with Gasteiger partial charge in [-0.2, -0.15) is 4.99 Å². The first-order valence-corrected chi connectivity index (χ1v) is 8.97. The van der Waals surface area contributed by atoms with Gasteiger partial charge in [0.2, 0.25) is 0 Å². The van der Waals surface area contributed by atoms with Gasteiger partial charge in [-0.1, -0.05) is 24.7 Å². The largest absolute Gasteiger partial charge is 0.494 e. The zero-order chi connectivity index (χ0) is 17.8. The molecule has 3 rings (SSSR count). The van der Waals surface area contributed by atoms with Gasteiger partial charge in [0.25, 0.3) is 5.91 Å². The lowest BCUT2D eigenvalue weighted by molar-refractivity contribution is 0.0998. The summed E-state index contributed by atoms with van der Waals surface area (Å²) in [5.74, 6) is 0.113. The maximum atomic E-state index is 13.3. The summed E-state index contributed by atoms with van der Waals surface area (Å²) in [4.78, 5) is 17.1. The molecule has 130 valence electrons. The van der Waals surface area contributed by atoms with E-state index in [0.29, 0.717) is 17.0 Å². The summed E-state index contributed by atoms with van der Waals surface area (Å²) in [6.45, 7) is 2.78. The van der Waals surface area contributed by atoms with Crippen molar-refractivity contribution >= 4 is 27.5 Å². The second kappa shape index (κ2) is 7.61. The fraction of sp³-hybridized carbons (Fsp3) is 0.263. The molecular formula is C19H19FN2O2S. The molecule has 2 aromatic carbocycles. The van der Waals surface area contributed by atoms with E-state index in [1.807, 2.05) is 7.05 Å². The van der Waals surface area contributed by atoms with Crippen LogP contribution >= 0.6 is 11.3 Å². The van der Waals surface area contributed by atoms with Crippen LogP contribution in [0.3, 0.4) is 0 Å². The molecule has 25 heavy (non-hydrogen) atoms. The van der Waals surface area contributed by atoms with Gasteiger partial charge in [-0.3, -0.25) is 4.79 Å². The molecule has 0 radical (unpaired) electrons. The Morgan fingerprint density at radius 2 is 2.00 bits per heavy atom. The zero-order valence-electron chi connectivity index (χ0n) is 14.2. The standard InChI is InChI=1S/C19H19FN2O2S/c1-3-4-11-24-15-8-5-13(6-9-15)18(23)21-19-22(2)16-10-7-14(20)12-17(16)25-19/h5-10,12H,3-4,11H2,1-2H3. The number of rotatable bonds is 5. The molecule has 6 heteroatoms. The predicted molar refractivity (Wildman–Crippen MR) is 97.5 cm³/mol. The van der Waals surface area contributed by atoms with E-state index < -0.39 is 0 Å². The van der Waals surface area contributed by atoms with Crippen LogP contribution in [0.4, 0.5) is 4.39 Å². The van der Waals surface area contributed by atoms with Crippen LogP contribution in [0.1, 0.15) is 30.1 Å². The number of aryl methyl sites for hydroxylation is 1. The van der Waals surface area contributed by atoms with Crippen molar-refractivity contribution in [2.45, 2.75) is 19.8 Å². The Morgan fingerprint density at radius 1 is 1.24 bits per heavy atom. The summed E-state index contributed by atoms with van der Waals surface area (Å²) >= 11 is 1.29. The van der Waals surface area contributed by atoms with Gasteiger partial charge >= 0.3 is 0 Å². The van der Waals surface area contributed by atoms with Gasteiger partial charge in [-0.05, 0) is 48.9 Å². The summed E-state index contributed by atoms with van der Waals surface area (Å²) in [5.41, 5.74) is 1.34. The Morgan fingerprint density at radius 3 is 2.72 bits per heavy atom. The first kappa shape index (κ1) is 17.4. The molecule has 1 heterocycles. The first-order valence-electron chi connectivity index (χ1n) is 8.15. The number of aromatic nitrogens is 1. The first-order chi connectivity index (χ1) is 12.1. The molecule has 0 aliphatic rings. The molecule has 4 nitrogen and oxygen atoms in total. The van der Waals surface area contributed by atoms with E-state index in [9.17, 15) is 9.18 Å². The maximum Gasteiger partial charge on any atom is 0.279 e. The van der Waals surface area contributed by atoms with Gasteiger partial charge in [-0.25, -0.2) is 4.39 Å². The Bertz CT molecular complexity index is 958. The lowest BCUT2D eigenvalue weighted by atomic mass is 10.2. The monoisotopic (exact) mass is 358 g/mol. The number of fused-ring (bicyclic) bond motifs is 1. The highest BCUT2D eigenvalue weighted by molar-refractivity contribution is 7.16. The molecule has 0 atom stereocenters. The highest BCUT2D eigenvalue weighted by atomic mass is 32.1. The number of hydrogen-bond acceptors (Lipinski definition) is 3. The SMILES string of the molecule is CCCCOc1ccc(C(=O)N=c2sc3cc(F)ccc3n2C)cc1. The number of benzene rings is 2. The van der Waals surface area contributed by atoms with Crippen LogP contribution in [0.15, 0.2) is 47.5 Å². The summed E-state index contributed by atoms with van der Waals surface area (Å²) < 4.78 is 21.5. The Labute approximate surface area is 149 Å². The van der Waals surface area contributed by atoms with Gasteiger partial charge in [0.1, 0.15) is 11.6 Å². The number of carbonyl (C=O) groups is 1. The second-order valence-electron chi connectivity index (χ2n) is 5.70. The smallest absolute Gasteiger partial charge is 0.279 e. The Hall–Kier alpha value is -2.47. The fourth-order valence-electron chi connectivity index (χ4n) is 2.39. The normalized spacial score (nSPS) is 11.9. The summed E-state index contributed by atoms with van der Waals surface area (Å²) in [7, 11) is 1.81. The third-order valence-corrected chi connectivity index (χ3v) is 4.93. The molecule has 0 unspecified atom stereocenters. The summed E-state index contributed by atoms with van der Waals surface area (Å²) in [6.07, 6.45) is 2.07. The average Bonchev–Trinajstić information content (AvgIpc) is 2.90. The number of ether oxygens (including phenoxy) is 1. The van der Waals surface area contributed by atoms with Crippen LogP contribution in [-0.4, -0.2) is 17.1 Å². The Kier molecular flexibility index (Phi) is 5.28. The van der Waals surface area contributed by atoms with E-state index in [1.165, 1.54) is 23.5 Å². The van der Waals surface area contributed by atoms with Crippen LogP contribution in [0.25, 0.3) is 10.2 Å². The second-order valence-corrected chi connectivity index (χ2v) is 6.71. The van der Waals surface area contributed by atoms with E-state index in [-0.39, 0.29) is 11.7 Å². The lowest BCUT2D eigenvalue weighted by Crippen LogP contribution is -2.13. The number of unbranched alkanes of at least 4 members (excludes halogenated alkanes) is 1. The fourth-order valence-corrected chi connectivity index (χ4v) is 3.44. The molecule has 0 bridgehead atoms. The van der Waals surface area contributed by atoms with E-state index in [4.69, 9.17) is 4.74 Å². The minimum absolute atomic E-state index is 0.300. The highest BCUT2D eigenvalue weighted by Gasteiger charge is 2.08. The number of amides is 1. The molecule has 1 amide bonds. The molecule has 0 aliphatic heterocycles. The van der Waals surface area contributed by atoms with Gasteiger partial charge in [0.05, 0.1) is 16.8 Å². The van der Waals surface area contributed by atoms with E-state index in [2.05, 4.69) is 11.9 Å². The van der Waals surface area contributed by atoms with Crippen LogP contribution < -0.4 is 9.54 Å². The molecular weight excluding hydrogens is 339 g/mol. The third kappa shape index (κ3) is 3.96. The van der Waals surface area contributed by atoms with Gasteiger partial charge in [0.15, 0.2) is 4.80 Å². The number of carbonyl (C=O) groups excluding carboxylic acids is 1. The maximum absolute atomic E-state index is 13.3. The van der Waals surface area contributed by atoms with Crippen molar-refractivity contribution in [1.82, 2.24) is 4.57 Å². The average molecular weight is 358 g/mol. The van der Waals surface area contributed by atoms with E-state index in [1.54, 1.807) is 34.9 Å². The molecule has 3 aromatic rings. The van der Waals surface area contributed by atoms with Crippen molar-refractivity contribution in [3.05, 3.63) is 58.6 Å². The van der Waals surface area contributed by atoms with Crippen LogP contribution in [-0.2, 0) is 7.05 Å². The molecule has 0 saturated carbocycles. The van der Waals surface area contributed by atoms with Crippen LogP contribution in [0.2, 0.25) is 0 Å². The number of thiazole rings is 1. The highest BCUT2D eigenvalue weighted by Crippen LogP contribution is 2.18. The molecule has 0 spiro atoms. The van der Waals surface area contributed by atoms with Crippen molar-refractivity contribution in [3.63, 3.8) is 0 Å². The van der Waals surface area contributed by atoms with E-state index >= 15 is 0 Å². The van der Waals surface area contributed by atoms with Crippen molar-refractivity contribution in [2.24, 2.45) is 12.0 Å². The van der Waals surface area contributed by atoms with Gasteiger partial charge < -0.3 is 9.30 Å². The molecule has 0 aliphatic carbocycles. The number of halogens is 1. The van der Waals surface area contributed by atoms with Crippen molar-refractivity contribution in [2.75, 3.05) is 6.61 Å².